The molecule has 2 fully saturated rings. The highest BCUT2D eigenvalue weighted by Crippen LogP contribution is 2.45. The maximum absolute atomic E-state index is 11.7. The molecule has 0 aromatic carbocycles. The van der Waals surface area contributed by atoms with E-state index in [0.717, 1.165) is 13.0 Å². The number of fused-ring (bicyclic) bond motifs is 2. The second-order valence-corrected chi connectivity index (χ2v) is 6.08. The van der Waals surface area contributed by atoms with E-state index in [1.54, 1.807) is 0 Å². The minimum atomic E-state index is -0.349. The van der Waals surface area contributed by atoms with Crippen LogP contribution in [0.5, 0.6) is 0 Å². The van der Waals surface area contributed by atoms with E-state index in [-0.39, 0.29) is 17.0 Å². The number of carbonyl (C=O) groups excluding carboxylic acids is 1. The molecule has 2 bridgehead atoms. The predicted octanol–water partition coefficient (Wildman–Crippen LogP) is 1.86. The highest BCUT2D eigenvalue weighted by molar-refractivity contribution is 5.71. The first-order valence-corrected chi connectivity index (χ1v) is 5.84. The number of nitrogens with one attached hydrogen (secondary N) is 1. The molecule has 1 N–H and O–H groups in total. The van der Waals surface area contributed by atoms with Gasteiger partial charge in [0.15, 0.2) is 0 Å². The van der Waals surface area contributed by atoms with Gasteiger partial charge in [-0.05, 0) is 45.4 Å². The molecule has 86 valence electrons. The van der Waals surface area contributed by atoms with Crippen LogP contribution >= 0.6 is 0 Å². The van der Waals surface area contributed by atoms with E-state index in [9.17, 15) is 4.79 Å². The van der Waals surface area contributed by atoms with Crippen molar-refractivity contribution >= 4 is 5.97 Å². The first kappa shape index (κ1) is 10.9. The highest BCUT2D eigenvalue weighted by Gasteiger charge is 2.46. The van der Waals surface area contributed by atoms with E-state index in [1.807, 2.05) is 20.8 Å². The zero-order chi connectivity index (χ0) is 11.1. The summed E-state index contributed by atoms with van der Waals surface area (Å²) < 4.78 is 5.38. The summed E-state index contributed by atoms with van der Waals surface area (Å²) >= 11 is 0. The molecule has 3 heteroatoms. The lowest BCUT2D eigenvalue weighted by Crippen LogP contribution is -2.33. The van der Waals surface area contributed by atoms with Crippen molar-refractivity contribution < 1.29 is 9.53 Å². The van der Waals surface area contributed by atoms with E-state index >= 15 is 0 Å². The summed E-state index contributed by atoms with van der Waals surface area (Å²) in [7, 11) is 0. The van der Waals surface area contributed by atoms with Crippen LogP contribution in [0.2, 0.25) is 0 Å². The summed E-state index contributed by atoms with van der Waals surface area (Å²) in [5, 5.41) is 3.46. The van der Waals surface area contributed by atoms with Gasteiger partial charge in [-0.1, -0.05) is 0 Å². The Morgan fingerprint density at radius 2 is 2.27 bits per heavy atom. The lowest BCUT2D eigenvalue weighted by Gasteiger charge is -2.27. The zero-order valence-electron chi connectivity index (χ0n) is 9.93. The van der Waals surface area contributed by atoms with E-state index in [4.69, 9.17) is 4.74 Å². The number of carbonyl (C=O) groups is 1. The van der Waals surface area contributed by atoms with Gasteiger partial charge in [-0.2, -0.15) is 0 Å². The molecule has 1 aliphatic heterocycles. The Morgan fingerprint density at radius 1 is 1.53 bits per heavy atom. The molecule has 1 saturated carbocycles. The smallest absolute Gasteiger partial charge is 0.306 e. The van der Waals surface area contributed by atoms with Gasteiger partial charge in [0.05, 0.1) is 6.42 Å². The van der Waals surface area contributed by atoms with E-state index in [2.05, 4.69) is 5.32 Å². The number of esters is 1. The fourth-order valence-electron chi connectivity index (χ4n) is 2.81. The average molecular weight is 211 g/mol. The van der Waals surface area contributed by atoms with Crippen LogP contribution in [0.1, 0.15) is 46.5 Å². The third-order valence-corrected chi connectivity index (χ3v) is 3.41. The normalized spacial score (nSPS) is 34.5. The molecule has 1 saturated heterocycles. The fraction of sp³-hybridized carbons (Fsp3) is 0.917. The van der Waals surface area contributed by atoms with Crippen LogP contribution in [-0.4, -0.2) is 24.2 Å². The van der Waals surface area contributed by atoms with Gasteiger partial charge in [-0.15, -0.1) is 0 Å². The van der Waals surface area contributed by atoms with Crippen molar-refractivity contribution in [1.29, 1.82) is 0 Å². The first-order valence-electron chi connectivity index (χ1n) is 5.84. The number of hydrogen-bond donors (Lipinski definition) is 1. The number of piperidine rings is 1. The Kier molecular flexibility index (Phi) is 2.53. The predicted molar refractivity (Wildman–Crippen MR) is 58.5 cm³/mol. The van der Waals surface area contributed by atoms with E-state index in [1.165, 1.54) is 12.8 Å². The number of ether oxygens (including phenoxy) is 1. The van der Waals surface area contributed by atoms with Crippen molar-refractivity contribution in [3.63, 3.8) is 0 Å². The van der Waals surface area contributed by atoms with E-state index in [0.29, 0.717) is 12.5 Å². The van der Waals surface area contributed by atoms with Crippen molar-refractivity contribution in [3.8, 4) is 0 Å². The highest BCUT2D eigenvalue weighted by atomic mass is 16.6. The van der Waals surface area contributed by atoms with Gasteiger partial charge in [0.1, 0.15) is 5.60 Å². The Hall–Kier alpha value is -0.570. The van der Waals surface area contributed by atoms with Crippen LogP contribution in [0.15, 0.2) is 0 Å². The molecule has 2 atom stereocenters. The summed E-state index contributed by atoms with van der Waals surface area (Å²) in [5.74, 6) is -0.0353. The Morgan fingerprint density at radius 3 is 2.67 bits per heavy atom. The van der Waals surface area contributed by atoms with Crippen molar-refractivity contribution in [3.05, 3.63) is 0 Å². The summed E-state index contributed by atoms with van der Waals surface area (Å²) in [5.41, 5.74) is -0.134. The molecule has 2 rings (SSSR count). The minimum Gasteiger partial charge on any atom is -0.460 e. The SMILES string of the molecule is CC(C)(C)OC(=O)CC12CCC(C1)NC2. The molecule has 1 heterocycles. The van der Waals surface area contributed by atoms with Gasteiger partial charge >= 0.3 is 5.97 Å². The minimum absolute atomic E-state index is 0.0353. The Bertz CT molecular complexity index is 259. The van der Waals surface area contributed by atoms with Crippen molar-refractivity contribution in [2.24, 2.45) is 5.41 Å². The van der Waals surface area contributed by atoms with Crippen LogP contribution < -0.4 is 5.32 Å². The Balaban J connectivity index is 1.89. The number of hydrogen-bond acceptors (Lipinski definition) is 3. The monoisotopic (exact) mass is 211 g/mol. The molecular formula is C12H21NO2. The molecule has 0 amide bonds. The van der Waals surface area contributed by atoms with Gasteiger partial charge in [-0.3, -0.25) is 4.79 Å². The molecule has 15 heavy (non-hydrogen) atoms. The van der Waals surface area contributed by atoms with Crippen molar-refractivity contribution in [1.82, 2.24) is 5.32 Å². The molecule has 0 aromatic heterocycles. The number of rotatable bonds is 2. The summed E-state index contributed by atoms with van der Waals surface area (Å²) in [6, 6.07) is 0.660. The van der Waals surface area contributed by atoms with Crippen LogP contribution in [0.3, 0.4) is 0 Å². The molecular weight excluding hydrogens is 190 g/mol. The molecule has 0 spiro atoms. The van der Waals surface area contributed by atoms with Crippen LogP contribution in [0, 0.1) is 5.41 Å². The Labute approximate surface area is 91.6 Å². The average Bonchev–Trinajstić information content (AvgIpc) is 2.58. The van der Waals surface area contributed by atoms with Gasteiger partial charge in [0.2, 0.25) is 0 Å². The molecule has 3 nitrogen and oxygen atoms in total. The molecule has 0 radical (unpaired) electrons. The topological polar surface area (TPSA) is 38.3 Å². The second kappa shape index (κ2) is 3.48. The summed E-state index contributed by atoms with van der Waals surface area (Å²) in [6.07, 6.45) is 4.16. The molecule has 2 aliphatic rings. The fourth-order valence-corrected chi connectivity index (χ4v) is 2.81. The third kappa shape index (κ3) is 2.51. The van der Waals surface area contributed by atoms with Crippen molar-refractivity contribution in [2.75, 3.05) is 6.54 Å². The lowest BCUT2D eigenvalue weighted by molar-refractivity contribution is -0.157. The quantitative estimate of drug-likeness (QED) is 0.708. The van der Waals surface area contributed by atoms with Gasteiger partial charge in [-0.25, -0.2) is 0 Å². The van der Waals surface area contributed by atoms with E-state index < -0.39 is 0 Å². The molecule has 1 aliphatic carbocycles. The molecule has 0 aromatic rings. The maximum Gasteiger partial charge on any atom is 0.306 e. The third-order valence-electron chi connectivity index (χ3n) is 3.41. The lowest BCUT2D eigenvalue weighted by atomic mass is 9.84. The van der Waals surface area contributed by atoms with Gasteiger partial charge in [0, 0.05) is 12.6 Å². The summed E-state index contributed by atoms with van der Waals surface area (Å²) in [6.45, 7) is 6.77. The second-order valence-electron chi connectivity index (χ2n) is 6.08. The van der Waals surface area contributed by atoms with Crippen LogP contribution in [0.25, 0.3) is 0 Å². The van der Waals surface area contributed by atoms with Gasteiger partial charge in [0.25, 0.3) is 0 Å². The first-order chi connectivity index (χ1) is 6.89. The standard InChI is InChI=1S/C12H21NO2/c1-11(2,3)15-10(14)7-12-5-4-9(6-12)13-8-12/h9,13H,4-8H2,1-3H3. The maximum atomic E-state index is 11.7. The summed E-state index contributed by atoms with van der Waals surface area (Å²) in [4.78, 5) is 11.7. The van der Waals surface area contributed by atoms with Crippen LogP contribution in [-0.2, 0) is 9.53 Å². The van der Waals surface area contributed by atoms with Crippen LogP contribution in [0.4, 0.5) is 0 Å². The zero-order valence-corrected chi connectivity index (χ0v) is 9.93. The van der Waals surface area contributed by atoms with Crippen molar-refractivity contribution in [2.45, 2.75) is 58.1 Å². The molecule has 2 unspecified atom stereocenters. The largest absolute Gasteiger partial charge is 0.460 e. The van der Waals surface area contributed by atoms with Gasteiger partial charge < -0.3 is 10.1 Å².